The van der Waals surface area contributed by atoms with Crippen molar-refractivity contribution in [2.45, 2.75) is 31.8 Å². The Kier molecular flexibility index (Phi) is 3.49. The summed E-state index contributed by atoms with van der Waals surface area (Å²) in [5, 5.41) is 22.5. The van der Waals surface area contributed by atoms with Crippen LogP contribution in [0.3, 0.4) is 0 Å². The number of rotatable bonds is 3. The fourth-order valence-corrected chi connectivity index (χ4v) is 4.72. The molecule has 0 spiro atoms. The highest BCUT2D eigenvalue weighted by molar-refractivity contribution is 7.91. The van der Waals surface area contributed by atoms with Gasteiger partial charge in [-0.15, -0.1) is 0 Å². The third-order valence-electron chi connectivity index (χ3n) is 3.55. The number of nitrogens with one attached hydrogen (secondary N) is 1. The molecule has 1 heterocycles. The van der Waals surface area contributed by atoms with Gasteiger partial charge in [0.25, 0.3) is 0 Å². The van der Waals surface area contributed by atoms with E-state index in [4.69, 9.17) is 0 Å². The molecule has 1 aromatic rings. The van der Waals surface area contributed by atoms with Gasteiger partial charge in [-0.1, -0.05) is 0 Å². The normalized spacial score (nSPS) is 27.3. The SMILES string of the molecule is CC(NC1(C)CCS(=O)(=O)C1)c1cc(O)ccc1O. The van der Waals surface area contributed by atoms with Crippen molar-refractivity contribution in [2.24, 2.45) is 0 Å². The Balaban J connectivity index is 2.17. The first-order valence-corrected chi connectivity index (χ1v) is 8.03. The van der Waals surface area contributed by atoms with E-state index in [1.165, 1.54) is 18.2 Å². The Morgan fingerprint density at radius 2 is 2.05 bits per heavy atom. The molecule has 2 unspecified atom stereocenters. The van der Waals surface area contributed by atoms with Gasteiger partial charge in [-0.25, -0.2) is 8.42 Å². The van der Waals surface area contributed by atoms with Crippen LogP contribution in [0.2, 0.25) is 0 Å². The summed E-state index contributed by atoms with van der Waals surface area (Å²) in [6, 6.07) is 4.08. The van der Waals surface area contributed by atoms with Crippen molar-refractivity contribution in [3.63, 3.8) is 0 Å². The van der Waals surface area contributed by atoms with E-state index in [1.54, 1.807) is 0 Å². The Hall–Kier alpha value is -1.27. The predicted molar refractivity (Wildman–Crippen MR) is 73.0 cm³/mol. The summed E-state index contributed by atoms with van der Waals surface area (Å²) in [6.45, 7) is 3.71. The van der Waals surface area contributed by atoms with Crippen LogP contribution in [0.1, 0.15) is 31.9 Å². The summed E-state index contributed by atoms with van der Waals surface area (Å²) in [6.07, 6.45) is 0.555. The first-order chi connectivity index (χ1) is 8.71. The quantitative estimate of drug-likeness (QED) is 0.729. The lowest BCUT2D eigenvalue weighted by atomic mass is 9.98. The van der Waals surface area contributed by atoms with E-state index in [2.05, 4.69) is 5.32 Å². The van der Waals surface area contributed by atoms with E-state index < -0.39 is 15.4 Å². The maximum Gasteiger partial charge on any atom is 0.152 e. The second kappa shape index (κ2) is 4.68. The molecule has 2 rings (SSSR count). The lowest BCUT2D eigenvalue weighted by molar-refractivity contribution is 0.347. The number of hydrogen-bond acceptors (Lipinski definition) is 5. The van der Waals surface area contributed by atoms with E-state index >= 15 is 0 Å². The van der Waals surface area contributed by atoms with Crippen LogP contribution in [0.15, 0.2) is 18.2 Å². The molecule has 1 aromatic carbocycles. The minimum Gasteiger partial charge on any atom is -0.508 e. The van der Waals surface area contributed by atoms with Crippen molar-refractivity contribution < 1.29 is 18.6 Å². The van der Waals surface area contributed by atoms with Gasteiger partial charge in [0.2, 0.25) is 0 Å². The average Bonchev–Trinajstić information content (AvgIpc) is 2.56. The molecule has 106 valence electrons. The van der Waals surface area contributed by atoms with Crippen molar-refractivity contribution in [3.05, 3.63) is 23.8 Å². The van der Waals surface area contributed by atoms with Crippen LogP contribution in [0, 0.1) is 0 Å². The van der Waals surface area contributed by atoms with Gasteiger partial charge >= 0.3 is 0 Å². The molecule has 1 aliphatic heterocycles. The van der Waals surface area contributed by atoms with Crippen molar-refractivity contribution in [1.29, 1.82) is 0 Å². The van der Waals surface area contributed by atoms with Gasteiger partial charge in [0.1, 0.15) is 11.5 Å². The zero-order valence-corrected chi connectivity index (χ0v) is 11.9. The molecule has 5 nitrogen and oxygen atoms in total. The van der Waals surface area contributed by atoms with Crippen molar-refractivity contribution in [2.75, 3.05) is 11.5 Å². The molecular formula is C13H19NO4S. The molecule has 0 saturated carbocycles. The minimum absolute atomic E-state index is 0.0747. The van der Waals surface area contributed by atoms with E-state index in [1.807, 2.05) is 13.8 Å². The Labute approximate surface area is 113 Å². The number of aromatic hydroxyl groups is 2. The molecule has 0 amide bonds. The molecule has 1 fully saturated rings. The molecule has 0 bridgehead atoms. The predicted octanol–water partition coefficient (Wildman–Crippen LogP) is 1.33. The molecule has 1 saturated heterocycles. The van der Waals surface area contributed by atoms with Gasteiger partial charge < -0.3 is 15.5 Å². The summed E-state index contributed by atoms with van der Waals surface area (Å²) in [7, 11) is -2.97. The first kappa shape index (κ1) is 14.1. The number of benzene rings is 1. The average molecular weight is 285 g/mol. The molecule has 1 aliphatic rings. The zero-order chi connectivity index (χ0) is 14.3. The first-order valence-electron chi connectivity index (χ1n) is 6.21. The largest absolute Gasteiger partial charge is 0.508 e. The smallest absolute Gasteiger partial charge is 0.152 e. The topological polar surface area (TPSA) is 86.6 Å². The molecule has 19 heavy (non-hydrogen) atoms. The summed E-state index contributed by atoms with van der Waals surface area (Å²) < 4.78 is 23.1. The van der Waals surface area contributed by atoms with Crippen LogP contribution in [0.4, 0.5) is 0 Å². The lowest BCUT2D eigenvalue weighted by Gasteiger charge is -2.29. The highest BCUT2D eigenvalue weighted by Gasteiger charge is 2.39. The van der Waals surface area contributed by atoms with Gasteiger partial charge in [0, 0.05) is 17.1 Å². The van der Waals surface area contributed by atoms with E-state index in [9.17, 15) is 18.6 Å². The molecule has 2 atom stereocenters. The summed E-state index contributed by atoms with van der Waals surface area (Å²) in [5.41, 5.74) is 0.0707. The van der Waals surface area contributed by atoms with Crippen LogP contribution in [-0.2, 0) is 9.84 Å². The van der Waals surface area contributed by atoms with Crippen LogP contribution >= 0.6 is 0 Å². The number of hydrogen-bond donors (Lipinski definition) is 3. The van der Waals surface area contributed by atoms with Crippen LogP contribution in [0.25, 0.3) is 0 Å². The van der Waals surface area contributed by atoms with Gasteiger partial charge in [0.15, 0.2) is 9.84 Å². The standard InChI is InChI=1S/C13H19NO4S/c1-9(11-7-10(15)3-4-12(11)16)14-13(2)5-6-19(17,18)8-13/h3-4,7,9,14-16H,5-6,8H2,1-2H3. The summed E-state index contributed by atoms with van der Waals surface area (Å²) in [5.74, 6) is 0.451. The van der Waals surface area contributed by atoms with E-state index in [0.717, 1.165) is 0 Å². The maximum atomic E-state index is 11.6. The van der Waals surface area contributed by atoms with Crippen LogP contribution in [0.5, 0.6) is 11.5 Å². The third kappa shape index (κ3) is 3.19. The molecule has 6 heteroatoms. The highest BCUT2D eigenvalue weighted by Crippen LogP contribution is 2.31. The van der Waals surface area contributed by atoms with Gasteiger partial charge in [0.05, 0.1) is 11.5 Å². The number of phenols is 2. The van der Waals surface area contributed by atoms with Crippen LogP contribution < -0.4 is 5.32 Å². The fourth-order valence-electron chi connectivity index (χ4n) is 2.61. The molecule has 0 radical (unpaired) electrons. The molecule has 3 N–H and O–H groups in total. The molecular weight excluding hydrogens is 266 g/mol. The zero-order valence-electron chi connectivity index (χ0n) is 11.0. The maximum absolute atomic E-state index is 11.6. The van der Waals surface area contributed by atoms with E-state index in [-0.39, 0.29) is 29.0 Å². The van der Waals surface area contributed by atoms with Crippen molar-refractivity contribution in [3.8, 4) is 11.5 Å². The Morgan fingerprint density at radius 3 is 2.63 bits per heavy atom. The van der Waals surface area contributed by atoms with Crippen molar-refractivity contribution in [1.82, 2.24) is 5.32 Å². The number of sulfone groups is 1. The van der Waals surface area contributed by atoms with Gasteiger partial charge in [-0.05, 0) is 38.5 Å². The number of phenolic OH excluding ortho intramolecular Hbond substituents is 2. The molecule has 0 aliphatic carbocycles. The minimum atomic E-state index is -2.97. The fraction of sp³-hybridized carbons (Fsp3) is 0.538. The van der Waals surface area contributed by atoms with Crippen LogP contribution in [-0.4, -0.2) is 35.7 Å². The Morgan fingerprint density at radius 1 is 1.37 bits per heavy atom. The molecule has 0 aromatic heterocycles. The van der Waals surface area contributed by atoms with Gasteiger partial charge in [-0.3, -0.25) is 0 Å². The summed E-state index contributed by atoms with van der Waals surface area (Å²) in [4.78, 5) is 0. The van der Waals surface area contributed by atoms with Crippen molar-refractivity contribution >= 4 is 9.84 Å². The van der Waals surface area contributed by atoms with Gasteiger partial charge in [-0.2, -0.15) is 0 Å². The monoisotopic (exact) mass is 285 g/mol. The lowest BCUT2D eigenvalue weighted by Crippen LogP contribution is -2.44. The second-order valence-corrected chi connectivity index (χ2v) is 7.70. The third-order valence-corrected chi connectivity index (χ3v) is 5.45. The van der Waals surface area contributed by atoms with E-state index in [0.29, 0.717) is 12.0 Å². The highest BCUT2D eigenvalue weighted by atomic mass is 32.2. The summed E-state index contributed by atoms with van der Waals surface area (Å²) >= 11 is 0. The second-order valence-electron chi connectivity index (χ2n) is 5.51. The Bertz CT molecular complexity index is 584.